The monoisotopic (exact) mass is 212 g/mol. The van der Waals surface area contributed by atoms with Crippen molar-refractivity contribution in [2.24, 2.45) is 0 Å². The minimum Gasteiger partial charge on any atom is -0.377 e. The molecule has 74 valence electrons. The van der Waals surface area contributed by atoms with Gasteiger partial charge in [-0.25, -0.2) is 4.98 Å². The van der Waals surface area contributed by atoms with Crippen molar-refractivity contribution in [3.8, 4) is 0 Å². The van der Waals surface area contributed by atoms with E-state index in [0.29, 0.717) is 12.1 Å². The van der Waals surface area contributed by atoms with Crippen LogP contribution in [-0.2, 0) is 11.2 Å². The third-order valence-electron chi connectivity index (χ3n) is 2.15. The molecule has 1 aliphatic carbocycles. The normalized spacial score (nSPS) is 19.4. The smallest absolute Gasteiger partial charge is 0.286 e. The number of ether oxygens (including phenoxy) is 1. The Balaban J connectivity index is 2.47. The summed E-state index contributed by atoms with van der Waals surface area (Å²) in [4.78, 5) is 17.8. The molecule has 0 saturated carbocycles. The largest absolute Gasteiger partial charge is 0.377 e. The number of H-pyrrole nitrogens is 1. The molecule has 1 aromatic rings. The van der Waals surface area contributed by atoms with Crippen molar-refractivity contribution in [1.82, 2.24) is 9.97 Å². The van der Waals surface area contributed by atoms with Gasteiger partial charge in [0.1, 0.15) is 0 Å². The number of rotatable bonds is 1. The Morgan fingerprint density at radius 1 is 1.71 bits per heavy atom. The molecule has 0 spiro atoms. The van der Waals surface area contributed by atoms with E-state index in [-0.39, 0.29) is 16.8 Å². The van der Waals surface area contributed by atoms with E-state index in [9.17, 15) is 4.79 Å². The molecule has 2 rings (SSSR count). The number of nitrogens with one attached hydrogen (secondary N) is 1. The number of fused-ring (bicyclic) bond motifs is 1. The van der Waals surface area contributed by atoms with Crippen LogP contribution in [0, 0.1) is 0 Å². The molecule has 1 N–H and O–H groups in total. The van der Waals surface area contributed by atoms with Crippen molar-refractivity contribution < 1.29 is 4.74 Å². The highest BCUT2D eigenvalue weighted by molar-refractivity contribution is 6.29. The maximum absolute atomic E-state index is 11.1. The minimum atomic E-state index is -0.356. The number of nitrogens with zero attached hydrogens (tertiary/aromatic N) is 1. The van der Waals surface area contributed by atoms with E-state index in [1.54, 1.807) is 13.2 Å². The predicted octanol–water partition coefficient (Wildman–Crippen LogP) is 1.01. The molecule has 1 unspecified atom stereocenters. The van der Waals surface area contributed by atoms with E-state index in [1.165, 1.54) is 0 Å². The van der Waals surface area contributed by atoms with Crippen LogP contribution in [0.2, 0.25) is 5.15 Å². The first-order valence-electron chi connectivity index (χ1n) is 4.20. The maximum atomic E-state index is 11.1. The Morgan fingerprint density at radius 2 is 2.50 bits per heavy atom. The molecule has 0 bridgehead atoms. The van der Waals surface area contributed by atoms with Crippen molar-refractivity contribution in [3.63, 3.8) is 0 Å². The zero-order chi connectivity index (χ0) is 10.1. The van der Waals surface area contributed by atoms with Crippen LogP contribution in [-0.4, -0.2) is 23.2 Å². The van der Waals surface area contributed by atoms with Crippen LogP contribution in [0.25, 0.3) is 6.08 Å². The first kappa shape index (κ1) is 9.43. The zero-order valence-corrected chi connectivity index (χ0v) is 8.34. The number of halogens is 1. The molecular formula is C9H9ClN2O2. The molecule has 0 saturated heterocycles. The van der Waals surface area contributed by atoms with Gasteiger partial charge in [-0.15, -0.1) is 0 Å². The number of methoxy groups -OCH3 is 1. The van der Waals surface area contributed by atoms with Gasteiger partial charge < -0.3 is 9.72 Å². The first-order chi connectivity index (χ1) is 6.70. The molecule has 5 heteroatoms. The Labute approximate surface area is 85.6 Å². The Hall–Kier alpha value is -1.13. The van der Waals surface area contributed by atoms with Crippen LogP contribution < -0.4 is 5.56 Å². The average Bonchev–Trinajstić information content (AvgIpc) is 2.19. The Morgan fingerprint density at radius 3 is 3.21 bits per heavy atom. The predicted molar refractivity (Wildman–Crippen MR) is 53.4 cm³/mol. The fourth-order valence-electron chi connectivity index (χ4n) is 1.39. The van der Waals surface area contributed by atoms with E-state index in [1.807, 2.05) is 6.08 Å². The molecule has 14 heavy (non-hydrogen) atoms. The van der Waals surface area contributed by atoms with Gasteiger partial charge in [0.05, 0.1) is 17.5 Å². The van der Waals surface area contributed by atoms with Gasteiger partial charge in [0.25, 0.3) is 5.56 Å². The van der Waals surface area contributed by atoms with Gasteiger partial charge >= 0.3 is 0 Å². The van der Waals surface area contributed by atoms with Crippen LogP contribution in [0.3, 0.4) is 0 Å². The highest BCUT2D eigenvalue weighted by Crippen LogP contribution is 2.16. The Bertz CT molecular complexity index is 439. The standard InChI is InChI=1S/C9H9ClN2O2/c1-14-5-2-3-6-7(4-5)11-8(10)9(13)12-6/h2-3,5H,4H2,1H3,(H,12,13). The van der Waals surface area contributed by atoms with Crippen LogP contribution in [0.1, 0.15) is 11.4 Å². The molecule has 1 aliphatic rings. The van der Waals surface area contributed by atoms with Gasteiger partial charge in [0, 0.05) is 13.5 Å². The molecular weight excluding hydrogens is 204 g/mol. The second-order valence-electron chi connectivity index (χ2n) is 3.05. The van der Waals surface area contributed by atoms with Crippen LogP contribution in [0.15, 0.2) is 10.9 Å². The lowest BCUT2D eigenvalue weighted by molar-refractivity contribution is 0.140. The highest BCUT2D eigenvalue weighted by atomic mass is 35.5. The van der Waals surface area contributed by atoms with Gasteiger partial charge in [-0.1, -0.05) is 17.7 Å². The maximum Gasteiger partial charge on any atom is 0.286 e. The average molecular weight is 213 g/mol. The second-order valence-corrected chi connectivity index (χ2v) is 3.41. The molecule has 0 amide bonds. The molecule has 0 radical (unpaired) electrons. The number of hydrogen-bond acceptors (Lipinski definition) is 3. The molecule has 1 atom stereocenters. The van der Waals surface area contributed by atoms with Gasteiger partial charge in [-0.2, -0.15) is 0 Å². The topological polar surface area (TPSA) is 55.0 Å². The van der Waals surface area contributed by atoms with Gasteiger partial charge in [-0.05, 0) is 6.08 Å². The minimum absolute atomic E-state index is 0.0111. The van der Waals surface area contributed by atoms with Crippen LogP contribution in [0.5, 0.6) is 0 Å². The van der Waals surface area contributed by atoms with Crippen molar-refractivity contribution in [1.29, 1.82) is 0 Å². The van der Waals surface area contributed by atoms with Gasteiger partial charge in [0.2, 0.25) is 0 Å². The summed E-state index contributed by atoms with van der Waals surface area (Å²) in [6, 6.07) is 0. The lowest BCUT2D eigenvalue weighted by Gasteiger charge is -2.16. The number of aromatic amines is 1. The molecule has 0 aromatic carbocycles. The molecule has 4 nitrogen and oxygen atoms in total. The summed E-state index contributed by atoms with van der Waals surface area (Å²) in [7, 11) is 1.63. The summed E-state index contributed by atoms with van der Waals surface area (Å²) >= 11 is 5.62. The van der Waals surface area contributed by atoms with Crippen LogP contribution in [0.4, 0.5) is 0 Å². The summed E-state index contributed by atoms with van der Waals surface area (Å²) in [5.74, 6) is 0. The van der Waals surface area contributed by atoms with Crippen molar-refractivity contribution in [2.45, 2.75) is 12.5 Å². The van der Waals surface area contributed by atoms with E-state index >= 15 is 0 Å². The summed E-state index contributed by atoms with van der Waals surface area (Å²) in [6.07, 6.45) is 4.32. The lowest BCUT2D eigenvalue weighted by Crippen LogP contribution is -2.21. The third kappa shape index (κ3) is 1.58. The number of aromatic nitrogens is 2. The zero-order valence-electron chi connectivity index (χ0n) is 7.58. The fourth-order valence-corrected chi connectivity index (χ4v) is 1.54. The molecule has 0 aliphatic heterocycles. The van der Waals surface area contributed by atoms with Crippen LogP contribution >= 0.6 is 11.6 Å². The van der Waals surface area contributed by atoms with Crippen molar-refractivity contribution in [2.75, 3.05) is 7.11 Å². The summed E-state index contributed by atoms with van der Waals surface area (Å²) in [5.41, 5.74) is 1.13. The molecule has 1 aromatic heterocycles. The lowest BCUT2D eigenvalue weighted by atomic mass is 10.1. The summed E-state index contributed by atoms with van der Waals surface area (Å²) in [6.45, 7) is 0. The van der Waals surface area contributed by atoms with E-state index in [0.717, 1.165) is 5.69 Å². The van der Waals surface area contributed by atoms with E-state index in [2.05, 4.69) is 9.97 Å². The molecule has 0 fully saturated rings. The van der Waals surface area contributed by atoms with Gasteiger partial charge in [-0.3, -0.25) is 4.79 Å². The van der Waals surface area contributed by atoms with E-state index in [4.69, 9.17) is 16.3 Å². The Kier molecular flexibility index (Phi) is 2.39. The highest BCUT2D eigenvalue weighted by Gasteiger charge is 2.16. The SMILES string of the molecule is COC1C=Cc2[nH]c(=O)c(Cl)nc2C1. The second kappa shape index (κ2) is 3.55. The summed E-state index contributed by atoms with van der Waals surface area (Å²) < 4.78 is 5.16. The fraction of sp³-hybridized carbons (Fsp3) is 0.333. The summed E-state index contributed by atoms with van der Waals surface area (Å²) in [5, 5.41) is -0.0195. The van der Waals surface area contributed by atoms with Gasteiger partial charge in [0.15, 0.2) is 5.15 Å². The quantitative estimate of drug-likeness (QED) is 0.756. The van der Waals surface area contributed by atoms with Crippen molar-refractivity contribution in [3.05, 3.63) is 33.0 Å². The molecule has 1 heterocycles. The number of hydrogen-bond donors (Lipinski definition) is 1. The first-order valence-corrected chi connectivity index (χ1v) is 4.58. The van der Waals surface area contributed by atoms with Crippen molar-refractivity contribution >= 4 is 17.7 Å². The van der Waals surface area contributed by atoms with E-state index < -0.39 is 0 Å². The third-order valence-corrected chi connectivity index (χ3v) is 2.41.